The minimum absolute atomic E-state index is 0.371. The lowest BCUT2D eigenvalue weighted by Gasteiger charge is -2.39. The Kier molecular flexibility index (Phi) is 4.49. The van der Waals surface area contributed by atoms with Gasteiger partial charge in [0.15, 0.2) is 5.66 Å². The molecule has 1 aliphatic heterocycles. The van der Waals surface area contributed by atoms with Crippen LogP contribution in [-0.2, 0) is 12.1 Å². The molecule has 132 valence electrons. The van der Waals surface area contributed by atoms with Crippen LogP contribution in [0.15, 0.2) is 35.3 Å². The van der Waals surface area contributed by atoms with Crippen LogP contribution in [0.4, 0.5) is 0 Å². The zero-order valence-electron chi connectivity index (χ0n) is 16.6. The molecule has 2 aromatic carbocycles. The summed E-state index contributed by atoms with van der Waals surface area (Å²) in [6.07, 6.45) is 3.37. The lowest BCUT2D eigenvalue weighted by Crippen LogP contribution is -2.47. The fourth-order valence-corrected chi connectivity index (χ4v) is 3.88. The van der Waals surface area contributed by atoms with E-state index < -0.39 is 0 Å². The summed E-state index contributed by atoms with van der Waals surface area (Å²) in [7, 11) is 2.15. The summed E-state index contributed by atoms with van der Waals surface area (Å²) in [5.74, 6) is 0.639. The Balaban J connectivity index is 2.23. The summed E-state index contributed by atoms with van der Waals surface area (Å²) in [6, 6.07) is 11.1. The van der Waals surface area contributed by atoms with Crippen molar-refractivity contribution in [3.8, 4) is 0 Å². The standard InChI is InChI=1S/C23H30N2/c1-15(2)11-19-9-8-10-22-20(19)14-25(7)23(6,24-22)21-13-16(3)12-17(4)18(21)5/h8-10,12-15H,11H2,1-7H3. The lowest BCUT2D eigenvalue weighted by molar-refractivity contribution is 0.224. The highest BCUT2D eigenvalue weighted by molar-refractivity contribution is 5.44. The molecule has 0 fully saturated rings. The first kappa shape index (κ1) is 17.7. The smallest absolute Gasteiger partial charge is 0.155 e. The number of aryl methyl sites for hydroxylation is 2. The van der Waals surface area contributed by atoms with E-state index in [-0.39, 0.29) is 5.66 Å². The molecule has 25 heavy (non-hydrogen) atoms. The molecule has 0 amide bonds. The normalized spacial score (nSPS) is 19.4. The molecule has 0 aliphatic carbocycles. The maximum absolute atomic E-state index is 5.23. The van der Waals surface area contributed by atoms with Crippen LogP contribution in [0.1, 0.15) is 48.6 Å². The zero-order chi connectivity index (χ0) is 18.4. The van der Waals surface area contributed by atoms with Gasteiger partial charge in [0.1, 0.15) is 0 Å². The molecule has 1 aliphatic rings. The minimum Gasteiger partial charge on any atom is -0.352 e. The Bertz CT molecular complexity index is 924. The van der Waals surface area contributed by atoms with E-state index in [0.717, 1.165) is 11.8 Å². The third kappa shape index (κ3) is 3.10. The first-order valence-electron chi connectivity index (χ1n) is 9.23. The van der Waals surface area contributed by atoms with Crippen molar-refractivity contribution in [2.75, 3.05) is 7.05 Å². The lowest BCUT2D eigenvalue weighted by atomic mass is 9.90. The summed E-state index contributed by atoms with van der Waals surface area (Å²) in [5.41, 5.74) is 6.27. The molecule has 3 rings (SSSR count). The van der Waals surface area contributed by atoms with Crippen LogP contribution in [0.3, 0.4) is 0 Å². The van der Waals surface area contributed by atoms with Gasteiger partial charge in [-0.3, -0.25) is 4.99 Å². The maximum Gasteiger partial charge on any atom is 0.155 e. The Hall–Kier alpha value is -2.09. The number of fused-ring (bicyclic) bond motifs is 1. The SMILES string of the molecule is Cc1cc(C)c(C)c(C2(C)N=c3cccc(CC(C)C)c3=CN2C)c1. The molecular formula is C23H30N2. The van der Waals surface area contributed by atoms with Crippen LogP contribution in [0.25, 0.3) is 6.20 Å². The van der Waals surface area contributed by atoms with Crippen molar-refractivity contribution in [1.29, 1.82) is 0 Å². The van der Waals surface area contributed by atoms with Gasteiger partial charge in [-0.15, -0.1) is 0 Å². The molecular weight excluding hydrogens is 304 g/mol. The largest absolute Gasteiger partial charge is 0.352 e. The highest BCUT2D eigenvalue weighted by atomic mass is 15.3. The topological polar surface area (TPSA) is 15.6 Å². The van der Waals surface area contributed by atoms with E-state index in [1.165, 1.54) is 33.0 Å². The average molecular weight is 335 g/mol. The van der Waals surface area contributed by atoms with E-state index >= 15 is 0 Å². The molecule has 0 radical (unpaired) electrons. The molecule has 0 saturated carbocycles. The molecule has 1 atom stereocenters. The van der Waals surface area contributed by atoms with E-state index in [1.807, 2.05) is 0 Å². The first-order chi connectivity index (χ1) is 11.7. The van der Waals surface area contributed by atoms with Crippen LogP contribution >= 0.6 is 0 Å². The monoisotopic (exact) mass is 334 g/mol. The molecule has 0 saturated heterocycles. The van der Waals surface area contributed by atoms with Gasteiger partial charge < -0.3 is 4.90 Å². The van der Waals surface area contributed by atoms with Gasteiger partial charge in [-0.25, -0.2) is 0 Å². The molecule has 0 spiro atoms. The number of hydrogen-bond acceptors (Lipinski definition) is 2. The van der Waals surface area contributed by atoms with E-state index in [2.05, 4.69) is 90.0 Å². The Morgan fingerprint density at radius 2 is 1.84 bits per heavy atom. The molecule has 1 heterocycles. The van der Waals surface area contributed by atoms with Crippen LogP contribution < -0.4 is 10.6 Å². The molecule has 2 nitrogen and oxygen atoms in total. The van der Waals surface area contributed by atoms with Gasteiger partial charge in [0, 0.05) is 24.0 Å². The summed E-state index contributed by atoms with van der Waals surface area (Å²) in [4.78, 5) is 7.51. The van der Waals surface area contributed by atoms with Crippen molar-refractivity contribution < 1.29 is 0 Å². The van der Waals surface area contributed by atoms with Crippen molar-refractivity contribution in [2.45, 2.75) is 53.6 Å². The van der Waals surface area contributed by atoms with Gasteiger partial charge in [-0.05, 0) is 62.8 Å². The summed E-state index contributed by atoms with van der Waals surface area (Å²) in [6.45, 7) is 13.3. The van der Waals surface area contributed by atoms with Crippen molar-refractivity contribution in [3.05, 3.63) is 68.7 Å². The Morgan fingerprint density at radius 3 is 2.52 bits per heavy atom. The third-order valence-corrected chi connectivity index (χ3v) is 5.47. The van der Waals surface area contributed by atoms with Gasteiger partial charge in [0.2, 0.25) is 0 Å². The summed E-state index contributed by atoms with van der Waals surface area (Å²) >= 11 is 0. The second kappa shape index (κ2) is 6.33. The second-order valence-corrected chi connectivity index (χ2v) is 8.07. The molecule has 0 aromatic heterocycles. The minimum atomic E-state index is -0.371. The third-order valence-electron chi connectivity index (χ3n) is 5.47. The maximum atomic E-state index is 5.23. The van der Waals surface area contributed by atoms with Crippen molar-refractivity contribution in [2.24, 2.45) is 10.9 Å². The quantitative estimate of drug-likeness (QED) is 0.829. The fourth-order valence-electron chi connectivity index (χ4n) is 3.88. The average Bonchev–Trinajstić information content (AvgIpc) is 2.52. The second-order valence-electron chi connectivity index (χ2n) is 8.07. The first-order valence-corrected chi connectivity index (χ1v) is 9.23. The van der Waals surface area contributed by atoms with E-state index in [9.17, 15) is 0 Å². The number of nitrogens with zero attached hydrogens (tertiary/aromatic N) is 2. The predicted molar refractivity (Wildman–Crippen MR) is 106 cm³/mol. The van der Waals surface area contributed by atoms with Gasteiger partial charge in [-0.2, -0.15) is 0 Å². The molecule has 0 bridgehead atoms. The highest BCUT2D eigenvalue weighted by Gasteiger charge is 2.33. The van der Waals surface area contributed by atoms with Crippen LogP contribution in [0.5, 0.6) is 0 Å². The molecule has 2 aromatic rings. The van der Waals surface area contributed by atoms with Crippen LogP contribution in [0.2, 0.25) is 0 Å². The van der Waals surface area contributed by atoms with Crippen LogP contribution in [0, 0.1) is 26.7 Å². The Morgan fingerprint density at radius 1 is 1.12 bits per heavy atom. The zero-order valence-corrected chi connectivity index (χ0v) is 16.6. The van der Waals surface area contributed by atoms with E-state index in [0.29, 0.717) is 5.92 Å². The van der Waals surface area contributed by atoms with Crippen LogP contribution in [-0.4, -0.2) is 11.9 Å². The fraction of sp³-hybridized carbons (Fsp3) is 0.435. The van der Waals surface area contributed by atoms with Gasteiger partial charge in [0.25, 0.3) is 0 Å². The molecule has 0 N–H and O–H groups in total. The predicted octanol–water partition coefficient (Wildman–Crippen LogP) is 3.99. The molecule has 2 heteroatoms. The molecule has 1 unspecified atom stereocenters. The number of rotatable bonds is 3. The summed E-state index contributed by atoms with van der Waals surface area (Å²) in [5, 5.41) is 2.38. The van der Waals surface area contributed by atoms with Crippen molar-refractivity contribution >= 4 is 6.20 Å². The number of benzene rings is 2. The van der Waals surface area contributed by atoms with E-state index in [1.54, 1.807) is 0 Å². The van der Waals surface area contributed by atoms with Crippen molar-refractivity contribution in [3.63, 3.8) is 0 Å². The highest BCUT2D eigenvalue weighted by Crippen LogP contribution is 2.34. The summed E-state index contributed by atoms with van der Waals surface area (Å²) < 4.78 is 0. The number of hydrogen-bond donors (Lipinski definition) is 0. The van der Waals surface area contributed by atoms with Gasteiger partial charge in [0.05, 0.1) is 5.36 Å². The van der Waals surface area contributed by atoms with Gasteiger partial charge >= 0.3 is 0 Å². The Labute approximate surface area is 151 Å². The van der Waals surface area contributed by atoms with Crippen molar-refractivity contribution in [1.82, 2.24) is 4.90 Å². The van der Waals surface area contributed by atoms with Gasteiger partial charge in [-0.1, -0.05) is 43.7 Å². The van der Waals surface area contributed by atoms with E-state index in [4.69, 9.17) is 4.99 Å².